The third-order valence-electron chi connectivity index (χ3n) is 5.24. The molecule has 0 N–H and O–H groups in total. The van der Waals surface area contributed by atoms with Crippen molar-refractivity contribution in [3.63, 3.8) is 0 Å². The van der Waals surface area contributed by atoms with Gasteiger partial charge in [0.1, 0.15) is 12.4 Å². The van der Waals surface area contributed by atoms with Crippen molar-refractivity contribution >= 4 is 46.3 Å². The summed E-state index contributed by atoms with van der Waals surface area (Å²) in [5.41, 5.74) is 1.80. The van der Waals surface area contributed by atoms with E-state index in [1.54, 1.807) is 36.4 Å². The summed E-state index contributed by atoms with van der Waals surface area (Å²) in [5, 5.41) is 10.5. The number of amides is 2. The zero-order chi connectivity index (χ0) is 25.8. The Morgan fingerprint density at radius 3 is 2.50 bits per heavy atom. The summed E-state index contributed by atoms with van der Waals surface area (Å²) in [6.07, 6.45) is 1.57. The zero-order valence-corrected chi connectivity index (χ0v) is 20.3. The van der Waals surface area contributed by atoms with Gasteiger partial charge < -0.3 is 9.47 Å². The fraction of sp³-hybridized carbons (Fsp3) is 0.120. The molecule has 0 bridgehead atoms. The fourth-order valence-electron chi connectivity index (χ4n) is 3.38. The predicted molar refractivity (Wildman–Crippen MR) is 133 cm³/mol. The molecule has 0 unspecified atom stereocenters. The van der Waals surface area contributed by atoms with Gasteiger partial charge in [0.2, 0.25) is 0 Å². The van der Waals surface area contributed by atoms with E-state index in [9.17, 15) is 24.1 Å². The number of non-ortho nitro benzene ring substituents is 1. The lowest BCUT2D eigenvalue weighted by Crippen LogP contribution is -2.27. The maximum atomic E-state index is 13.3. The molecule has 11 heteroatoms. The SMILES string of the molecule is COc1cc(/C=C2/SC(=O)N(Cc3ccc(F)cc3Cl)C2=O)ccc1OCc1ccc([N+](=O)[O-])cc1. The molecule has 1 aliphatic heterocycles. The van der Waals surface area contributed by atoms with Crippen LogP contribution in [-0.4, -0.2) is 28.1 Å². The van der Waals surface area contributed by atoms with Gasteiger partial charge in [-0.1, -0.05) is 23.7 Å². The van der Waals surface area contributed by atoms with Crippen LogP contribution in [0.3, 0.4) is 0 Å². The van der Waals surface area contributed by atoms with Gasteiger partial charge in [-0.2, -0.15) is 0 Å². The lowest BCUT2D eigenvalue weighted by Gasteiger charge is -2.13. The second-order valence-corrected chi connectivity index (χ2v) is 9.03. The number of halogens is 2. The smallest absolute Gasteiger partial charge is 0.293 e. The number of methoxy groups -OCH3 is 1. The molecular formula is C25H18ClFN2O6S. The Labute approximate surface area is 214 Å². The van der Waals surface area contributed by atoms with Crippen molar-refractivity contribution in [3.8, 4) is 11.5 Å². The summed E-state index contributed by atoms with van der Waals surface area (Å²) in [5.74, 6) is -0.148. The van der Waals surface area contributed by atoms with Crippen LogP contribution < -0.4 is 9.47 Å². The number of nitrogens with zero attached hydrogens (tertiary/aromatic N) is 2. The summed E-state index contributed by atoms with van der Waals surface area (Å²) >= 11 is 6.83. The van der Waals surface area contributed by atoms with Crippen molar-refractivity contribution in [2.24, 2.45) is 0 Å². The summed E-state index contributed by atoms with van der Waals surface area (Å²) in [6, 6.07) is 14.8. The molecule has 0 saturated carbocycles. The Hall–Kier alpha value is -3.89. The highest BCUT2D eigenvalue weighted by Gasteiger charge is 2.35. The molecule has 3 aromatic rings. The molecule has 8 nitrogen and oxygen atoms in total. The van der Waals surface area contributed by atoms with Gasteiger partial charge in [0.15, 0.2) is 11.5 Å². The Morgan fingerprint density at radius 1 is 1.08 bits per heavy atom. The topological polar surface area (TPSA) is 99.0 Å². The van der Waals surface area contributed by atoms with E-state index in [2.05, 4.69) is 0 Å². The van der Waals surface area contributed by atoms with Crippen molar-refractivity contribution in [1.82, 2.24) is 4.90 Å². The third kappa shape index (κ3) is 5.67. The Bertz CT molecular complexity index is 1380. The Kier molecular flexibility index (Phi) is 7.56. The van der Waals surface area contributed by atoms with E-state index in [1.165, 1.54) is 31.4 Å². The number of hydrogen-bond donors (Lipinski definition) is 0. The van der Waals surface area contributed by atoms with Crippen LogP contribution in [0.4, 0.5) is 14.9 Å². The van der Waals surface area contributed by atoms with Crippen LogP contribution >= 0.6 is 23.4 Å². The van der Waals surface area contributed by atoms with Crippen molar-refractivity contribution in [2.75, 3.05) is 7.11 Å². The molecule has 0 radical (unpaired) electrons. The normalized spacial score (nSPS) is 14.4. The van der Waals surface area contributed by atoms with Crippen LogP contribution in [0.2, 0.25) is 5.02 Å². The molecule has 2 amide bonds. The maximum absolute atomic E-state index is 13.3. The minimum Gasteiger partial charge on any atom is -0.493 e. The van der Waals surface area contributed by atoms with Gasteiger partial charge in [0, 0.05) is 17.2 Å². The highest BCUT2D eigenvalue weighted by molar-refractivity contribution is 8.18. The van der Waals surface area contributed by atoms with E-state index in [1.807, 2.05) is 0 Å². The van der Waals surface area contributed by atoms with Crippen LogP contribution in [0, 0.1) is 15.9 Å². The molecule has 36 heavy (non-hydrogen) atoms. The standard InChI is InChI=1S/C25H18ClFN2O6S/c1-34-22-10-16(4-9-21(22)35-14-15-2-7-19(8-3-15)29(32)33)11-23-24(30)28(25(31)36-23)13-17-5-6-18(27)12-20(17)26/h2-12H,13-14H2,1H3/b23-11+. The molecule has 0 aromatic heterocycles. The molecule has 0 atom stereocenters. The molecule has 4 rings (SSSR count). The Balaban J connectivity index is 1.47. The monoisotopic (exact) mass is 528 g/mol. The van der Waals surface area contributed by atoms with E-state index >= 15 is 0 Å². The first-order chi connectivity index (χ1) is 17.2. The van der Waals surface area contributed by atoms with E-state index in [-0.39, 0.29) is 28.8 Å². The second kappa shape index (κ2) is 10.8. The molecule has 1 heterocycles. The molecule has 1 aliphatic rings. The minimum absolute atomic E-state index is 0.00846. The van der Waals surface area contributed by atoms with Gasteiger partial charge in [-0.15, -0.1) is 0 Å². The fourth-order valence-corrected chi connectivity index (χ4v) is 4.44. The van der Waals surface area contributed by atoms with E-state index in [0.717, 1.165) is 28.3 Å². The van der Waals surface area contributed by atoms with Crippen molar-refractivity contribution in [1.29, 1.82) is 0 Å². The largest absolute Gasteiger partial charge is 0.493 e. The lowest BCUT2D eigenvalue weighted by atomic mass is 10.1. The first kappa shape index (κ1) is 25.2. The van der Waals surface area contributed by atoms with Gasteiger partial charge >= 0.3 is 0 Å². The van der Waals surface area contributed by atoms with Gasteiger partial charge in [-0.05, 0) is 70.9 Å². The number of imide groups is 1. The average molecular weight is 529 g/mol. The Morgan fingerprint density at radius 2 is 1.83 bits per heavy atom. The molecule has 3 aromatic carbocycles. The predicted octanol–water partition coefficient (Wildman–Crippen LogP) is 6.21. The van der Waals surface area contributed by atoms with Crippen molar-refractivity contribution in [2.45, 2.75) is 13.2 Å². The molecule has 184 valence electrons. The quantitative estimate of drug-likeness (QED) is 0.195. The third-order valence-corrected chi connectivity index (χ3v) is 6.50. The van der Waals surface area contributed by atoms with Crippen LogP contribution in [-0.2, 0) is 17.9 Å². The van der Waals surface area contributed by atoms with Crippen molar-refractivity contribution in [3.05, 3.63) is 103 Å². The summed E-state index contributed by atoms with van der Waals surface area (Å²) < 4.78 is 24.5. The van der Waals surface area contributed by atoms with E-state index in [0.29, 0.717) is 22.6 Å². The van der Waals surface area contributed by atoms with Gasteiger partial charge in [0.25, 0.3) is 16.8 Å². The van der Waals surface area contributed by atoms with E-state index in [4.69, 9.17) is 21.1 Å². The summed E-state index contributed by atoms with van der Waals surface area (Å²) in [4.78, 5) is 36.9. The molecule has 1 saturated heterocycles. The second-order valence-electron chi connectivity index (χ2n) is 7.63. The maximum Gasteiger partial charge on any atom is 0.293 e. The van der Waals surface area contributed by atoms with Crippen LogP contribution in [0.1, 0.15) is 16.7 Å². The highest BCUT2D eigenvalue weighted by atomic mass is 35.5. The number of nitro benzene ring substituents is 1. The first-order valence-electron chi connectivity index (χ1n) is 10.5. The first-order valence-corrected chi connectivity index (χ1v) is 11.7. The van der Waals surface area contributed by atoms with E-state index < -0.39 is 21.9 Å². The molecule has 1 fully saturated rings. The van der Waals surface area contributed by atoms with Gasteiger partial charge in [-0.3, -0.25) is 24.6 Å². The highest BCUT2D eigenvalue weighted by Crippen LogP contribution is 2.36. The summed E-state index contributed by atoms with van der Waals surface area (Å²) in [7, 11) is 1.47. The molecule has 0 aliphatic carbocycles. The van der Waals surface area contributed by atoms with Crippen molar-refractivity contribution < 1.29 is 28.4 Å². The number of carbonyl (C=O) groups excluding carboxylic acids is 2. The zero-order valence-electron chi connectivity index (χ0n) is 18.8. The number of hydrogen-bond acceptors (Lipinski definition) is 7. The number of thioether (sulfide) groups is 1. The van der Waals surface area contributed by atoms with Gasteiger partial charge in [0.05, 0.1) is 23.5 Å². The lowest BCUT2D eigenvalue weighted by molar-refractivity contribution is -0.384. The van der Waals surface area contributed by atoms with Crippen LogP contribution in [0.5, 0.6) is 11.5 Å². The molecular weight excluding hydrogens is 511 g/mol. The number of benzene rings is 3. The minimum atomic E-state index is -0.507. The summed E-state index contributed by atoms with van der Waals surface area (Å²) in [6.45, 7) is 0.0956. The van der Waals surface area contributed by atoms with Gasteiger partial charge in [-0.25, -0.2) is 4.39 Å². The number of carbonyl (C=O) groups is 2. The number of nitro groups is 1. The average Bonchev–Trinajstić information content (AvgIpc) is 3.12. The number of rotatable bonds is 8. The van der Waals surface area contributed by atoms with Crippen LogP contribution in [0.15, 0.2) is 65.6 Å². The molecule has 0 spiro atoms. The van der Waals surface area contributed by atoms with Crippen LogP contribution in [0.25, 0.3) is 6.08 Å². The number of ether oxygens (including phenoxy) is 2.